The van der Waals surface area contributed by atoms with Gasteiger partial charge in [-0.2, -0.15) is 0 Å². The van der Waals surface area contributed by atoms with Gasteiger partial charge in [-0.15, -0.1) is 0 Å². The van der Waals surface area contributed by atoms with Gasteiger partial charge in [-0.1, -0.05) is 0 Å². The molecule has 138 valence electrons. The van der Waals surface area contributed by atoms with Crippen molar-refractivity contribution < 1.29 is 4.79 Å². The summed E-state index contributed by atoms with van der Waals surface area (Å²) in [6, 6.07) is 5.64. The minimum Gasteiger partial charge on any atom is -0.342 e. The minimum atomic E-state index is 0.0406. The van der Waals surface area contributed by atoms with Crippen molar-refractivity contribution >= 4 is 16.9 Å². The lowest BCUT2D eigenvalue weighted by Gasteiger charge is -2.28. The number of aryl methyl sites for hydroxylation is 1. The van der Waals surface area contributed by atoms with Gasteiger partial charge in [0.05, 0.1) is 16.7 Å². The highest BCUT2D eigenvalue weighted by atomic mass is 16.2. The molecule has 7 heteroatoms. The van der Waals surface area contributed by atoms with Crippen LogP contribution >= 0.6 is 0 Å². The molecular formula is C20H22N6O. The van der Waals surface area contributed by atoms with Gasteiger partial charge in [-0.3, -0.25) is 4.79 Å². The Hall–Kier alpha value is -2.80. The van der Waals surface area contributed by atoms with Gasteiger partial charge >= 0.3 is 0 Å². The quantitative estimate of drug-likeness (QED) is 0.727. The van der Waals surface area contributed by atoms with Crippen molar-refractivity contribution in [3.63, 3.8) is 0 Å². The Labute approximate surface area is 157 Å². The van der Waals surface area contributed by atoms with E-state index in [1.54, 1.807) is 0 Å². The third kappa shape index (κ3) is 2.98. The maximum atomic E-state index is 13.0. The first-order valence-electron chi connectivity index (χ1n) is 9.48. The van der Waals surface area contributed by atoms with Crippen LogP contribution in [0.15, 0.2) is 24.4 Å². The molecule has 2 aromatic heterocycles. The molecule has 1 aromatic carbocycles. The van der Waals surface area contributed by atoms with Crippen LogP contribution in [0.3, 0.4) is 0 Å². The van der Waals surface area contributed by atoms with E-state index in [4.69, 9.17) is 4.98 Å². The van der Waals surface area contributed by atoms with E-state index < -0.39 is 0 Å². The molecule has 1 fully saturated rings. The lowest BCUT2D eigenvalue weighted by molar-refractivity contribution is 0.0733. The fourth-order valence-corrected chi connectivity index (χ4v) is 4.03. The minimum absolute atomic E-state index is 0.0406. The molecule has 2 aliphatic heterocycles. The fraction of sp³-hybridized carbons (Fsp3) is 0.400. The van der Waals surface area contributed by atoms with E-state index >= 15 is 0 Å². The Morgan fingerprint density at radius 2 is 2.22 bits per heavy atom. The number of fused-ring (bicyclic) bond motifs is 2. The van der Waals surface area contributed by atoms with Crippen LogP contribution in [0.1, 0.15) is 45.6 Å². The van der Waals surface area contributed by atoms with Gasteiger partial charge in [-0.25, -0.2) is 15.0 Å². The molecular weight excluding hydrogens is 340 g/mol. The number of hydrogen-bond donors (Lipinski definition) is 2. The molecule has 0 spiro atoms. The normalized spacial score (nSPS) is 19.4. The zero-order valence-corrected chi connectivity index (χ0v) is 15.3. The average Bonchev–Trinajstić information content (AvgIpc) is 3.34. The summed E-state index contributed by atoms with van der Waals surface area (Å²) < 4.78 is 0. The van der Waals surface area contributed by atoms with Crippen molar-refractivity contribution in [1.29, 1.82) is 0 Å². The van der Waals surface area contributed by atoms with Crippen molar-refractivity contribution in [2.75, 3.05) is 19.6 Å². The number of imidazole rings is 1. The number of amides is 1. The van der Waals surface area contributed by atoms with E-state index in [0.717, 1.165) is 59.9 Å². The molecule has 3 aromatic rings. The summed E-state index contributed by atoms with van der Waals surface area (Å²) in [7, 11) is 0. The molecule has 2 aliphatic rings. The second-order valence-electron chi connectivity index (χ2n) is 7.42. The highest BCUT2D eigenvalue weighted by molar-refractivity contribution is 5.97. The number of aromatic amines is 1. The highest BCUT2D eigenvalue weighted by Crippen LogP contribution is 2.24. The summed E-state index contributed by atoms with van der Waals surface area (Å²) in [5.41, 5.74) is 4.62. The summed E-state index contributed by atoms with van der Waals surface area (Å²) in [4.78, 5) is 31.8. The maximum Gasteiger partial charge on any atom is 0.254 e. The summed E-state index contributed by atoms with van der Waals surface area (Å²) in [6.07, 6.45) is 3.79. The molecule has 4 heterocycles. The van der Waals surface area contributed by atoms with E-state index in [1.165, 1.54) is 0 Å². The average molecular weight is 362 g/mol. The van der Waals surface area contributed by atoms with E-state index in [1.807, 2.05) is 36.2 Å². The highest BCUT2D eigenvalue weighted by Gasteiger charge is 2.26. The van der Waals surface area contributed by atoms with Crippen LogP contribution in [-0.2, 0) is 13.0 Å². The first kappa shape index (κ1) is 16.4. The first-order valence-corrected chi connectivity index (χ1v) is 9.48. The summed E-state index contributed by atoms with van der Waals surface area (Å²) >= 11 is 0. The molecule has 0 aliphatic carbocycles. The van der Waals surface area contributed by atoms with Crippen molar-refractivity contribution in [2.45, 2.75) is 32.2 Å². The number of aromatic nitrogens is 4. The largest absolute Gasteiger partial charge is 0.342 e. The third-order valence-electron chi connectivity index (χ3n) is 5.51. The number of nitrogens with one attached hydrogen (secondary N) is 2. The van der Waals surface area contributed by atoms with E-state index in [9.17, 15) is 4.79 Å². The Bertz CT molecular complexity index is 1020. The number of rotatable bonds is 2. The second-order valence-corrected chi connectivity index (χ2v) is 7.42. The van der Waals surface area contributed by atoms with Crippen LogP contribution < -0.4 is 5.32 Å². The lowest BCUT2D eigenvalue weighted by atomic mass is 10.0. The van der Waals surface area contributed by atoms with Crippen molar-refractivity contribution in [1.82, 2.24) is 30.2 Å². The van der Waals surface area contributed by atoms with Crippen LogP contribution in [0.2, 0.25) is 0 Å². The Kier molecular flexibility index (Phi) is 3.89. The topological polar surface area (TPSA) is 86.8 Å². The SMILES string of the molecule is Cc1nc2ccc(C(=O)N3CCc4nc([C@H]5CCNC5)ncc4C3)cc2[nH]1. The van der Waals surface area contributed by atoms with Crippen molar-refractivity contribution in [2.24, 2.45) is 0 Å². The number of carbonyl (C=O) groups is 1. The summed E-state index contributed by atoms with van der Waals surface area (Å²) in [5.74, 6) is 2.25. The zero-order valence-electron chi connectivity index (χ0n) is 15.3. The molecule has 2 N–H and O–H groups in total. The molecule has 1 amide bonds. The fourth-order valence-electron chi connectivity index (χ4n) is 4.03. The molecule has 7 nitrogen and oxygen atoms in total. The van der Waals surface area contributed by atoms with Crippen LogP contribution in [-0.4, -0.2) is 50.4 Å². The Morgan fingerprint density at radius 3 is 3.07 bits per heavy atom. The standard InChI is InChI=1S/C20H22N6O/c1-12-23-17-3-2-13(8-18(17)24-12)20(27)26-7-5-16-15(11-26)10-22-19(25-16)14-4-6-21-9-14/h2-3,8,10,14,21H,4-7,9,11H2,1H3,(H,23,24)/t14-/m0/s1. The van der Waals surface area contributed by atoms with Crippen LogP contribution in [0.25, 0.3) is 11.0 Å². The van der Waals surface area contributed by atoms with Gasteiger partial charge in [0.15, 0.2) is 0 Å². The van der Waals surface area contributed by atoms with Gasteiger partial charge < -0.3 is 15.2 Å². The van der Waals surface area contributed by atoms with Gasteiger partial charge in [-0.05, 0) is 38.1 Å². The first-order chi connectivity index (χ1) is 13.2. The molecule has 1 atom stereocenters. The van der Waals surface area contributed by atoms with E-state index in [2.05, 4.69) is 20.3 Å². The van der Waals surface area contributed by atoms with E-state index in [-0.39, 0.29) is 5.91 Å². The van der Waals surface area contributed by atoms with Crippen LogP contribution in [0.5, 0.6) is 0 Å². The molecule has 5 rings (SSSR count). The smallest absolute Gasteiger partial charge is 0.254 e. The molecule has 0 saturated carbocycles. The molecule has 1 saturated heterocycles. The number of benzene rings is 1. The number of H-pyrrole nitrogens is 1. The van der Waals surface area contributed by atoms with Gasteiger partial charge in [0.25, 0.3) is 5.91 Å². The number of nitrogens with zero attached hydrogens (tertiary/aromatic N) is 4. The molecule has 27 heavy (non-hydrogen) atoms. The zero-order chi connectivity index (χ0) is 18.4. The monoisotopic (exact) mass is 362 g/mol. The maximum absolute atomic E-state index is 13.0. The van der Waals surface area contributed by atoms with Crippen LogP contribution in [0.4, 0.5) is 0 Å². The van der Waals surface area contributed by atoms with E-state index in [0.29, 0.717) is 24.6 Å². The summed E-state index contributed by atoms with van der Waals surface area (Å²) in [5, 5.41) is 3.37. The second kappa shape index (κ2) is 6.42. The van der Waals surface area contributed by atoms with Crippen molar-refractivity contribution in [3.8, 4) is 0 Å². The predicted octanol–water partition coefficient (Wildman–Crippen LogP) is 1.94. The molecule has 0 bridgehead atoms. The number of carbonyl (C=O) groups excluding carboxylic acids is 1. The van der Waals surface area contributed by atoms with Crippen molar-refractivity contribution in [3.05, 3.63) is 52.9 Å². The van der Waals surface area contributed by atoms with Gasteiger partial charge in [0.1, 0.15) is 11.6 Å². The lowest BCUT2D eigenvalue weighted by Crippen LogP contribution is -2.36. The Balaban J connectivity index is 1.36. The molecule has 0 unspecified atom stereocenters. The van der Waals surface area contributed by atoms with Gasteiger partial charge in [0, 0.05) is 49.3 Å². The summed E-state index contributed by atoms with van der Waals surface area (Å²) in [6.45, 7) is 5.16. The number of hydrogen-bond acceptors (Lipinski definition) is 5. The Morgan fingerprint density at radius 1 is 1.30 bits per heavy atom. The third-order valence-corrected chi connectivity index (χ3v) is 5.51. The molecule has 0 radical (unpaired) electrons. The van der Waals surface area contributed by atoms with Crippen LogP contribution in [0, 0.1) is 6.92 Å². The predicted molar refractivity (Wildman–Crippen MR) is 102 cm³/mol. The van der Waals surface area contributed by atoms with Gasteiger partial charge in [0.2, 0.25) is 0 Å².